The topological polar surface area (TPSA) is 81.1 Å². The molecule has 0 saturated carbocycles. The molecule has 0 bridgehead atoms. The third-order valence-corrected chi connectivity index (χ3v) is 3.60. The van der Waals surface area contributed by atoms with E-state index in [2.05, 4.69) is 5.43 Å². The lowest BCUT2D eigenvalue weighted by atomic mass is 10.2. The minimum Gasteiger partial charge on any atom is -0.398 e. The van der Waals surface area contributed by atoms with Gasteiger partial charge in [-0.05, 0) is 36.8 Å². The number of hydrogen-bond acceptors (Lipinski definition) is 4. The number of carbonyl (C=O) groups excluding carboxylic acids is 1. The van der Waals surface area contributed by atoms with E-state index in [1.54, 1.807) is 6.07 Å². The molecule has 1 amide bonds. The largest absolute Gasteiger partial charge is 0.398 e. The van der Waals surface area contributed by atoms with Crippen LogP contribution in [0.15, 0.2) is 23.1 Å². The Morgan fingerprint density at radius 2 is 2.11 bits per heavy atom. The number of rotatable bonds is 7. The van der Waals surface area contributed by atoms with Gasteiger partial charge in [-0.25, -0.2) is 10.2 Å². The van der Waals surface area contributed by atoms with Gasteiger partial charge in [0.25, 0.3) is 0 Å². The van der Waals surface area contributed by atoms with Crippen LogP contribution in [0.25, 0.3) is 0 Å². The summed E-state index contributed by atoms with van der Waals surface area (Å²) in [6.07, 6.45) is 3.15. The summed E-state index contributed by atoms with van der Waals surface area (Å²) >= 11 is 1.54. The zero-order chi connectivity index (χ0) is 13.4. The summed E-state index contributed by atoms with van der Waals surface area (Å²) in [6.45, 7) is 0. The maximum atomic E-state index is 13.0. The Morgan fingerprint density at radius 1 is 1.33 bits per heavy atom. The first-order valence-electron chi connectivity index (χ1n) is 5.80. The highest BCUT2D eigenvalue weighted by atomic mass is 32.2. The standard InChI is InChI=1S/C12H18FN3OS/c13-9-5-6-10(14)11(8-9)18-7-3-1-2-4-12(17)16-15/h5-6,8H,1-4,7,14-15H2,(H,16,17). The molecule has 0 radical (unpaired) electrons. The molecule has 1 rings (SSSR count). The summed E-state index contributed by atoms with van der Waals surface area (Å²) < 4.78 is 13.0. The van der Waals surface area contributed by atoms with E-state index in [1.165, 1.54) is 23.9 Å². The molecule has 0 atom stereocenters. The minimum absolute atomic E-state index is 0.142. The second-order valence-electron chi connectivity index (χ2n) is 3.91. The second-order valence-corrected chi connectivity index (χ2v) is 5.05. The molecule has 0 aliphatic rings. The maximum Gasteiger partial charge on any atom is 0.233 e. The number of anilines is 1. The van der Waals surface area contributed by atoms with Crippen LogP contribution in [0.2, 0.25) is 0 Å². The summed E-state index contributed by atoms with van der Waals surface area (Å²) in [5, 5.41) is 0. The maximum absolute atomic E-state index is 13.0. The number of nitrogen functional groups attached to an aromatic ring is 1. The van der Waals surface area contributed by atoms with Crippen molar-refractivity contribution in [3.05, 3.63) is 24.0 Å². The molecule has 100 valence electrons. The molecule has 0 fully saturated rings. The smallest absolute Gasteiger partial charge is 0.233 e. The van der Waals surface area contributed by atoms with Crippen molar-refractivity contribution in [2.75, 3.05) is 11.5 Å². The summed E-state index contributed by atoms with van der Waals surface area (Å²) in [5.74, 6) is 5.41. The number of hydrogen-bond donors (Lipinski definition) is 3. The summed E-state index contributed by atoms with van der Waals surface area (Å²) in [4.78, 5) is 11.6. The van der Waals surface area contributed by atoms with E-state index in [4.69, 9.17) is 11.6 Å². The van der Waals surface area contributed by atoms with Crippen LogP contribution in [0, 0.1) is 5.82 Å². The van der Waals surface area contributed by atoms with Gasteiger partial charge in [-0.1, -0.05) is 6.42 Å². The average Bonchev–Trinajstić information content (AvgIpc) is 2.37. The van der Waals surface area contributed by atoms with Gasteiger partial charge in [0, 0.05) is 17.0 Å². The van der Waals surface area contributed by atoms with Crippen LogP contribution in [0.3, 0.4) is 0 Å². The van der Waals surface area contributed by atoms with Crippen LogP contribution in [-0.2, 0) is 4.79 Å². The van der Waals surface area contributed by atoms with Crippen LogP contribution in [-0.4, -0.2) is 11.7 Å². The van der Waals surface area contributed by atoms with Crippen LogP contribution < -0.4 is 17.0 Å². The lowest BCUT2D eigenvalue weighted by molar-refractivity contribution is -0.121. The Labute approximate surface area is 110 Å². The molecule has 0 unspecified atom stereocenters. The van der Waals surface area contributed by atoms with E-state index in [1.807, 2.05) is 0 Å². The molecule has 18 heavy (non-hydrogen) atoms. The van der Waals surface area contributed by atoms with Crippen LogP contribution >= 0.6 is 11.8 Å². The molecule has 0 aliphatic carbocycles. The van der Waals surface area contributed by atoms with Crippen molar-refractivity contribution in [1.29, 1.82) is 0 Å². The molecule has 0 spiro atoms. The van der Waals surface area contributed by atoms with Crippen molar-refractivity contribution in [2.45, 2.75) is 30.6 Å². The average molecular weight is 271 g/mol. The molecule has 0 aliphatic heterocycles. The molecule has 1 aromatic rings. The molecular formula is C12H18FN3OS. The number of amides is 1. The fourth-order valence-corrected chi connectivity index (χ4v) is 2.45. The van der Waals surface area contributed by atoms with Gasteiger partial charge in [-0.15, -0.1) is 11.8 Å². The Bertz CT molecular complexity index is 401. The van der Waals surface area contributed by atoms with Crippen molar-refractivity contribution in [2.24, 2.45) is 5.84 Å². The zero-order valence-corrected chi connectivity index (χ0v) is 10.9. The summed E-state index contributed by atoms with van der Waals surface area (Å²) in [5.41, 5.74) is 8.43. The van der Waals surface area contributed by atoms with Crippen molar-refractivity contribution >= 4 is 23.4 Å². The molecule has 0 saturated heterocycles. The fraction of sp³-hybridized carbons (Fsp3) is 0.417. The summed E-state index contributed by atoms with van der Waals surface area (Å²) in [7, 11) is 0. The number of nitrogens with one attached hydrogen (secondary N) is 1. The number of thioether (sulfide) groups is 1. The zero-order valence-electron chi connectivity index (χ0n) is 10.1. The van der Waals surface area contributed by atoms with E-state index in [0.717, 1.165) is 29.9 Å². The number of halogens is 1. The van der Waals surface area contributed by atoms with Gasteiger partial charge < -0.3 is 5.73 Å². The van der Waals surface area contributed by atoms with E-state index < -0.39 is 0 Å². The van der Waals surface area contributed by atoms with Gasteiger partial charge in [-0.3, -0.25) is 10.2 Å². The van der Waals surface area contributed by atoms with Crippen molar-refractivity contribution in [3.8, 4) is 0 Å². The molecular weight excluding hydrogens is 253 g/mol. The van der Waals surface area contributed by atoms with E-state index in [-0.39, 0.29) is 11.7 Å². The first-order chi connectivity index (χ1) is 8.63. The highest BCUT2D eigenvalue weighted by Crippen LogP contribution is 2.26. The van der Waals surface area contributed by atoms with Gasteiger partial charge in [0.1, 0.15) is 5.82 Å². The SMILES string of the molecule is NNC(=O)CCCCCSc1cc(F)ccc1N. The Balaban J connectivity index is 2.18. The monoisotopic (exact) mass is 271 g/mol. The number of nitrogens with two attached hydrogens (primary N) is 2. The van der Waals surface area contributed by atoms with Crippen LogP contribution in [0.1, 0.15) is 25.7 Å². The molecule has 0 aromatic heterocycles. The Morgan fingerprint density at radius 3 is 2.83 bits per heavy atom. The molecule has 5 N–H and O–H groups in total. The Hall–Kier alpha value is -1.27. The highest BCUT2D eigenvalue weighted by molar-refractivity contribution is 7.99. The lowest BCUT2D eigenvalue weighted by Gasteiger charge is -2.05. The molecule has 1 aromatic carbocycles. The minimum atomic E-state index is -0.272. The second kappa shape index (κ2) is 7.94. The molecule has 0 heterocycles. The van der Waals surface area contributed by atoms with Gasteiger partial charge in [0.05, 0.1) is 0 Å². The number of hydrazine groups is 1. The highest BCUT2D eigenvalue weighted by Gasteiger charge is 2.02. The Kier molecular flexibility index (Phi) is 6.53. The first kappa shape index (κ1) is 14.8. The number of benzene rings is 1. The van der Waals surface area contributed by atoms with Crippen molar-refractivity contribution < 1.29 is 9.18 Å². The fourth-order valence-electron chi connectivity index (χ4n) is 1.45. The molecule has 4 nitrogen and oxygen atoms in total. The van der Waals surface area contributed by atoms with Gasteiger partial charge >= 0.3 is 0 Å². The van der Waals surface area contributed by atoms with E-state index >= 15 is 0 Å². The van der Waals surface area contributed by atoms with Crippen LogP contribution in [0.5, 0.6) is 0 Å². The number of unbranched alkanes of at least 4 members (excludes halogenated alkanes) is 2. The van der Waals surface area contributed by atoms with Gasteiger partial charge in [-0.2, -0.15) is 0 Å². The quantitative estimate of drug-likeness (QED) is 0.177. The third kappa shape index (κ3) is 5.37. The number of carbonyl (C=O) groups is 1. The summed E-state index contributed by atoms with van der Waals surface area (Å²) in [6, 6.07) is 4.37. The van der Waals surface area contributed by atoms with Crippen LogP contribution in [0.4, 0.5) is 10.1 Å². The van der Waals surface area contributed by atoms with Crippen molar-refractivity contribution in [3.63, 3.8) is 0 Å². The predicted molar refractivity (Wildman–Crippen MR) is 72.3 cm³/mol. The van der Waals surface area contributed by atoms with E-state index in [0.29, 0.717) is 12.1 Å². The van der Waals surface area contributed by atoms with Gasteiger partial charge in [0.2, 0.25) is 5.91 Å². The van der Waals surface area contributed by atoms with E-state index in [9.17, 15) is 9.18 Å². The normalized spacial score (nSPS) is 10.3. The lowest BCUT2D eigenvalue weighted by Crippen LogP contribution is -2.29. The van der Waals surface area contributed by atoms with Crippen molar-refractivity contribution in [1.82, 2.24) is 5.43 Å². The predicted octanol–water partition coefficient (Wildman–Crippen LogP) is 2.05. The van der Waals surface area contributed by atoms with Gasteiger partial charge in [0.15, 0.2) is 0 Å². The molecule has 6 heteroatoms. The first-order valence-corrected chi connectivity index (χ1v) is 6.79. The third-order valence-electron chi connectivity index (χ3n) is 2.44.